The van der Waals surface area contributed by atoms with Crippen LogP contribution in [0.15, 0.2) is 43.0 Å². The lowest BCUT2D eigenvalue weighted by molar-refractivity contribution is -0.141. The Morgan fingerprint density at radius 2 is 1.96 bits per heavy atom. The van der Waals surface area contributed by atoms with Crippen LogP contribution in [-0.2, 0) is 23.9 Å². The summed E-state index contributed by atoms with van der Waals surface area (Å²) in [6, 6.07) is 4.90. The van der Waals surface area contributed by atoms with Gasteiger partial charge in [0.15, 0.2) is 17.2 Å². The monoisotopic (exact) mass is 633 g/mol. The third-order valence-electron chi connectivity index (χ3n) is 7.61. The summed E-state index contributed by atoms with van der Waals surface area (Å²) in [5.74, 6) is -0.191. The molecule has 0 aliphatic carbocycles. The number of anilines is 2. The van der Waals surface area contributed by atoms with E-state index in [0.29, 0.717) is 34.2 Å². The highest BCUT2D eigenvalue weighted by Crippen LogP contribution is 2.37. The molecule has 4 aromatic rings. The third-order valence-corrected chi connectivity index (χ3v) is 7.61. The van der Waals surface area contributed by atoms with Crippen molar-refractivity contribution in [1.29, 1.82) is 0 Å². The Morgan fingerprint density at radius 1 is 1.20 bits per heavy atom. The van der Waals surface area contributed by atoms with Crippen molar-refractivity contribution in [3.8, 4) is 11.3 Å². The fourth-order valence-corrected chi connectivity index (χ4v) is 5.61. The van der Waals surface area contributed by atoms with Crippen molar-refractivity contribution < 1.29 is 31.5 Å². The zero-order valence-corrected chi connectivity index (χ0v) is 24.5. The number of fused-ring (bicyclic) bond motifs is 1. The molecule has 0 radical (unpaired) electrons. The molecule has 2 fully saturated rings. The summed E-state index contributed by atoms with van der Waals surface area (Å²) in [5.41, 5.74) is 0.802. The highest BCUT2D eigenvalue weighted by molar-refractivity contribution is 5.97. The van der Waals surface area contributed by atoms with Crippen LogP contribution in [0.3, 0.4) is 0 Å². The van der Waals surface area contributed by atoms with Crippen molar-refractivity contribution >= 4 is 29.3 Å². The first-order valence-electron chi connectivity index (χ1n) is 14.2. The van der Waals surface area contributed by atoms with E-state index >= 15 is 0 Å². The van der Waals surface area contributed by atoms with Gasteiger partial charge in [0.2, 0.25) is 0 Å². The van der Waals surface area contributed by atoms with Crippen molar-refractivity contribution in [2.75, 3.05) is 45.1 Å². The number of likely N-dealkylation sites (tertiary alicyclic amines) is 1. The Balaban J connectivity index is 0.000000428. The first-order valence-corrected chi connectivity index (χ1v) is 14.2. The fourth-order valence-electron chi connectivity index (χ4n) is 5.61. The molecule has 45 heavy (non-hydrogen) atoms. The lowest BCUT2D eigenvalue weighted by Crippen LogP contribution is -2.69. The van der Waals surface area contributed by atoms with E-state index in [9.17, 15) is 31.5 Å². The van der Waals surface area contributed by atoms with Gasteiger partial charge in [-0.15, -0.1) is 0 Å². The van der Waals surface area contributed by atoms with Gasteiger partial charge in [0, 0.05) is 61.4 Å². The van der Waals surface area contributed by atoms with Crippen molar-refractivity contribution in [3.05, 3.63) is 59.8 Å². The van der Waals surface area contributed by atoms with Crippen LogP contribution in [-0.4, -0.2) is 87.4 Å². The second-order valence-corrected chi connectivity index (χ2v) is 11.1. The van der Waals surface area contributed by atoms with Crippen molar-refractivity contribution in [2.45, 2.75) is 32.5 Å². The summed E-state index contributed by atoms with van der Waals surface area (Å²) >= 11 is 0. The summed E-state index contributed by atoms with van der Waals surface area (Å²) < 4.78 is 68.3. The molecule has 2 saturated heterocycles. The van der Waals surface area contributed by atoms with E-state index in [2.05, 4.69) is 43.0 Å². The predicted molar refractivity (Wildman–Crippen MR) is 156 cm³/mol. The zero-order chi connectivity index (χ0) is 32.4. The minimum Gasteiger partial charge on any atom is -0.345 e. The first-order chi connectivity index (χ1) is 21.4. The van der Waals surface area contributed by atoms with Gasteiger partial charge in [-0.25, -0.2) is 18.7 Å². The molecule has 2 aliphatic rings. The number of imidazole rings is 1. The number of aldehydes is 1. The van der Waals surface area contributed by atoms with E-state index in [-0.39, 0.29) is 23.7 Å². The molecule has 5 heterocycles. The molecule has 1 spiro atoms. The highest BCUT2D eigenvalue weighted by atomic mass is 19.4. The number of amides is 1. The average molecular weight is 634 g/mol. The van der Waals surface area contributed by atoms with Crippen molar-refractivity contribution in [1.82, 2.24) is 39.7 Å². The number of aromatic nitrogens is 5. The summed E-state index contributed by atoms with van der Waals surface area (Å²) in [6.45, 7) is 5.90. The predicted octanol–water partition coefficient (Wildman–Crippen LogP) is 3.63. The Bertz CT molecular complexity index is 1670. The number of alkyl halides is 5. The van der Waals surface area contributed by atoms with Crippen LogP contribution in [0, 0.1) is 5.41 Å². The number of hydrogen-bond donors (Lipinski definition) is 3. The van der Waals surface area contributed by atoms with Crippen LogP contribution in [0.1, 0.15) is 28.5 Å². The normalized spacial score (nSPS) is 15.7. The topological polar surface area (TPSA) is 121 Å². The van der Waals surface area contributed by atoms with E-state index in [1.807, 2.05) is 6.92 Å². The maximum Gasteiger partial charge on any atom is 0.435 e. The van der Waals surface area contributed by atoms with E-state index in [1.54, 1.807) is 18.2 Å². The van der Waals surface area contributed by atoms with Crippen LogP contribution in [0.2, 0.25) is 0 Å². The minimum atomic E-state index is -4.88. The van der Waals surface area contributed by atoms with Gasteiger partial charge < -0.3 is 25.6 Å². The van der Waals surface area contributed by atoms with Gasteiger partial charge in [-0.3, -0.25) is 13.9 Å². The van der Waals surface area contributed by atoms with Crippen LogP contribution >= 0.6 is 0 Å². The zero-order valence-electron chi connectivity index (χ0n) is 24.5. The molecular weight excluding hydrogens is 601 g/mol. The molecule has 16 heteroatoms. The van der Waals surface area contributed by atoms with Crippen LogP contribution in [0.5, 0.6) is 0 Å². The lowest BCUT2D eigenvalue weighted by Gasteiger charge is -2.55. The van der Waals surface area contributed by atoms with Crippen LogP contribution in [0.4, 0.5) is 33.5 Å². The first kappa shape index (κ1) is 32.0. The number of benzene rings is 1. The molecule has 3 aromatic heterocycles. The standard InChI is InChI=1S/C23H20F5N7O2.C6H12N2/c1-2-13-9-14(3-4-15(13)22(37)30-6-8-36)32-20-21-31-10-17(35(21)7-5-29-20)16-11-34(12-18(24)25)33-19(16)23(26,27)28;1-8-4-6(5-8)2-7-3-6/h3-5,7-11,18H,2,6,12H2,1H3,(H,29,32)(H,30,37);7H,2-5H2,1H3. The molecule has 0 bridgehead atoms. The van der Waals surface area contributed by atoms with Gasteiger partial charge >= 0.3 is 6.18 Å². The highest BCUT2D eigenvalue weighted by Gasteiger charge is 2.45. The Labute approximate surface area is 254 Å². The maximum atomic E-state index is 13.6. The van der Waals surface area contributed by atoms with Gasteiger partial charge in [0.05, 0.1) is 24.0 Å². The number of carbonyl (C=O) groups excluding carboxylic acids is 2. The molecular formula is C29H32F5N9O2. The number of rotatable bonds is 9. The number of hydrogen-bond acceptors (Lipinski definition) is 8. The molecule has 0 unspecified atom stereocenters. The van der Waals surface area contributed by atoms with Gasteiger partial charge in [-0.05, 0) is 37.2 Å². The number of nitrogens with zero attached hydrogens (tertiary/aromatic N) is 6. The molecule has 240 valence electrons. The van der Waals surface area contributed by atoms with Gasteiger partial charge in [0.1, 0.15) is 12.8 Å². The number of carbonyl (C=O) groups is 2. The minimum absolute atomic E-state index is 0.00950. The average Bonchev–Trinajstić information content (AvgIpc) is 3.58. The van der Waals surface area contributed by atoms with E-state index in [1.165, 1.54) is 49.2 Å². The number of nitrogens with one attached hydrogen (secondary N) is 3. The van der Waals surface area contributed by atoms with E-state index in [0.717, 1.165) is 11.6 Å². The van der Waals surface area contributed by atoms with Crippen molar-refractivity contribution in [2.24, 2.45) is 5.41 Å². The summed E-state index contributed by atoms with van der Waals surface area (Å²) in [7, 11) is 2.18. The van der Waals surface area contributed by atoms with Crippen molar-refractivity contribution in [3.63, 3.8) is 0 Å². The number of aryl methyl sites for hydroxylation is 1. The molecule has 11 nitrogen and oxygen atoms in total. The molecule has 0 atom stereocenters. The molecule has 6 rings (SSSR count). The summed E-state index contributed by atoms with van der Waals surface area (Å²) in [4.78, 5) is 33.6. The van der Waals surface area contributed by atoms with Crippen LogP contribution < -0.4 is 16.0 Å². The fraction of sp³-hybridized carbons (Fsp3) is 0.414. The molecule has 2 aliphatic heterocycles. The Kier molecular flexibility index (Phi) is 9.16. The summed E-state index contributed by atoms with van der Waals surface area (Å²) in [5, 5.41) is 12.1. The quantitative estimate of drug-likeness (QED) is 0.189. The lowest BCUT2D eigenvalue weighted by atomic mass is 9.75. The van der Waals surface area contributed by atoms with Gasteiger partial charge in [0.25, 0.3) is 12.3 Å². The maximum absolute atomic E-state index is 13.6. The molecule has 0 saturated carbocycles. The molecule has 3 N–H and O–H groups in total. The van der Waals surface area contributed by atoms with Gasteiger partial charge in [-0.2, -0.15) is 18.3 Å². The smallest absolute Gasteiger partial charge is 0.345 e. The Hall–Kier alpha value is -4.44. The third kappa shape index (κ3) is 6.96. The second kappa shape index (κ2) is 12.9. The van der Waals surface area contributed by atoms with Crippen LogP contribution in [0.25, 0.3) is 16.9 Å². The SMILES string of the molecule is CCc1cc(Nc2nccn3c(-c4cn(CC(F)F)nc4C(F)(F)F)cnc23)ccc1C(=O)NCC=O.CN1CC2(CNC2)C1. The Morgan fingerprint density at radius 3 is 2.53 bits per heavy atom. The van der Waals surface area contributed by atoms with E-state index in [4.69, 9.17) is 0 Å². The largest absolute Gasteiger partial charge is 0.435 e. The van der Waals surface area contributed by atoms with E-state index < -0.39 is 36.3 Å². The van der Waals surface area contributed by atoms with Gasteiger partial charge in [-0.1, -0.05) is 6.92 Å². The molecule has 1 aromatic carbocycles. The summed E-state index contributed by atoms with van der Waals surface area (Å²) in [6.07, 6.45) is -1.85. The number of halogens is 5. The molecule has 1 amide bonds. The second-order valence-electron chi connectivity index (χ2n) is 11.1.